The fourth-order valence-electron chi connectivity index (χ4n) is 3.29. The molecule has 1 aliphatic heterocycles. The topological polar surface area (TPSA) is 69.7 Å². The van der Waals surface area contributed by atoms with Gasteiger partial charge in [-0.3, -0.25) is 4.90 Å². The number of nitrogens with two attached hydrogens (primary N) is 1. The van der Waals surface area contributed by atoms with Gasteiger partial charge in [-0.15, -0.1) is 0 Å². The standard InChI is InChI=1S/C13H26N2O2/c1-2-9-3-4-11(14)10(5-9)6-15-7-12(16)13(17)8-15/h9-13,16-17H,2-8,14H2,1H3. The van der Waals surface area contributed by atoms with Crippen LogP contribution in [0.5, 0.6) is 0 Å². The average molecular weight is 242 g/mol. The van der Waals surface area contributed by atoms with Crippen LogP contribution in [0.15, 0.2) is 0 Å². The molecule has 2 aliphatic rings. The van der Waals surface area contributed by atoms with E-state index in [1.807, 2.05) is 0 Å². The van der Waals surface area contributed by atoms with Crippen molar-refractivity contribution in [3.05, 3.63) is 0 Å². The Hall–Kier alpha value is -0.160. The van der Waals surface area contributed by atoms with E-state index in [0.29, 0.717) is 25.0 Å². The second-order valence-corrected chi connectivity index (χ2v) is 5.86. The Labute approximate surface area is 104 Å². The van der Waals surface area contributed by atoms with Gasteiger partial charge in [0.15, 0.2) is 0 Å². The van der Waals surface area contributed by atoms with E-state index in [1.54, 1.807) is 0 Å². The molecule has 2 rings (SSSR count). The normalized spacial score (nSPS) is 44.1. The minimum atomic E-state index is -0.572. The monoisotopic (exact) mass is 242 g/mol. The summed E-state index contributed by atoms with van der Waals surface area (Å²) < 4.78 is 0. The van der Waals surface area contributed by atoms with Crippen molar-refractivity contribution in [2.45, 2.75) is 50.9 Å². The Morgan fingerprint density at radius 3 is 2.41 bits per heavy atom. The molecule has 4 heteroatoms. The van der Waals surface area contributed by atoms with Crippen LogP contribution in [-0.2, 0) is 0 Å². The predicted molar refractivity (Wildman–Crippen MR) is 67.6 cm³/mol. The maximum Gasteiger partial charge on any atom is 0.0938 e. The zero-order valence-electron chi connectivity index (χ0n) is 10.8. The van der Waals surface area contributed by atoms with Gasteiger partial charge in [0.2, 0.25) is 0 Å². The molecule has 4 N–H and O–H groups in total. The van der Waals surface area contributed by atoms with Crippen molar-refractivity contribution in [2.75, 3.05) is 19.6 Å². The smallest absolute Gasteiger partial charge is 0.0938 e. The van der Waals surface area contributed by atoms with Crippen molar-refractivity contribution in [1.29, 1.82) is 0 Å². The van der Waals surface area contributed by atoms with Crippen LogP contribution in [0.25, 0.3) is 0 Å². The molecule has 4 nitrogen and oxygen atoms in total. The molecule has 5 atom stereocenters. The van der Waals surface area contributed by atoms with E-state index in [9.17, 15) is 10.2 Å². The summed E-state index contributed by atoms with van der Waals surface area (Å²) in [5, 5.41) is 19.1. The van der Waals surface area contributed by atoms with Crippen LogP contribution in [-0.4, -0.2) is 53.0 Å². The lowest BCUT2D eigenvalue weighted by atomic mass is 9.77. The number of hydrogen-bond donors (Lipinski definition) is 3. The first kappa shape index (κ1) is 13.3. The Balaban J connectivity index is 1.85. The van der Waals surface area contributed by atoms with E-state index >= 15 is 0 Å². The third-order valence-electron chi connectivity index (χ3n) is 4.55. The molecule has 0 bridgehead atoms. The van der Waals surface area contributed by atoms with Crippen LogP contribution in [0.2, 0.25) is 0 Å². The van der Waals surface area contributed by atoms with E-state index in [4.69, 9.17) is 5.73 Å². The lowest BCUT2D eigenvalue weighted by Crippen LogP contribution is -2.42. The van der Waals surface area contributed by atoms with E-state index in [-0.39, 0.29) is 0 Å². The summed E-state index contributed by atoms with van der Waals surface area (Å²) in [7, 11) is 0. The van der Waals surface area contributed by atoms with Crippen molar-refractivity contribution in [3.63, 3.8) is 0 Å². The van der Waals surface area contributed by atoms with Crippen LogP contribution in [0, 0.1) is 11.8 Å². The Morgan fingerprint density at radius 1 is 1.18 bits per heavy atom. The van der Waals surface area contributed by atoms with Crippen LogP contribution in [0.1, 0.15) is 32.6 Å². The van der Waals surface area contributed by atoms with Crippen molar-refractivity contribution >= 4 is 0 Å². The molecule has 100 valence electrons. The molecule has 17 heavy (non-hydrogen) atoms. The van der Waals surface area contributed by atoms with Crippen LogP contribution >= 0.6 is 0 Å². The largest absolute Gasteiger partial charge is 0.389 e. The first-order chi connectivity index (χ1) is 8.10. The van der Waals surface area contributed by atoms with Crippen molar-refractivity contribution in [3.8, 4) is 0 Å². The Kier molecular flexibility index (Phi) is 4.42. The van der Waals surface area contributed by atoms with Crippen molar-refractivity contribution in [2.24, 2.45) is 17.6 Å². The average Bonchev–Trinajstić information content (AvgIpc) is 2.61. The second kappa shape index (κ2) is 5.65. The minimum absolute atomic E-state index is 0.299. The lowest BCUT2D eigenvalue weighted by Gasteiger charge is -2.36. The van der Waals surface area contributed by atoms with Gasteiger partial charge in [0.25, 0.3) is 0 Å². The fraction of sp³-hybridized carbons (Fsp3) is 1.00. The summed E-state index contributed by atoms with van der Waals surface area (Å²) >= 11 is 0. The molecule has 2 fully saturated rings. The highest BCUT2D eigenvalue weighted by Crippen LogP contribution is 2.31. The maximum absolute atomic E-state index is 9.54. The molecule has 0 aromatic carbocycles. The Bertz CT molecular complexity index is 240. The highest BCUT2D eigenvalue weighted by Gasteiger charge is 2.34. The summed E-state index contributed by atoms with van der Waals surface area (Å²) in [5.74, 6) is 1.35. The number of nitrogens with zero attached hydrogens (tertiary/aromatic N) is 1. The summed E-state index contributed by atoms with van der Waals surface area (Å²) in [6.45, 7) is 4.38. The minimum Gasteiger partial charge on any atom is -0.389 e. The van der Waals surface area contributed by atoms with Crippen molar-refractivity contribution < 1.29 is 10.2 Å². The first-order valence-corrected chi connectivity index (χ1v) is 6.94. The zero-order chi connectivity index (χ0) is 12.4. The van der Waals surface area contributed by atoms with Gasteiger partial charge in [-0.25, -0.2) is 0 Å². The third-order valence-corrected chi connectivity index (χ3v) is 4.55. The molecule has 0 amide bonds. The zero-order valence-corrected chi connectivity index (χ0v) is 10.8. The first-order valence-electron chi connectivity index (χ1n) is 6.94. The number of likely N-dealkylation sites (tertiary alicyclic amines) is 1. The van der Waals surface area contributed by atoms with Gasteiger partial charge < -0.3 is 15.9 Å². The molecule has 1 saturated carbocycles. The molecular weight excluding hydrogens is 216 g/mol. The number of β-amino-alcohol motifs (C(OH)–C–C–N with tert-alkyl or cyclic N) is 2. The SMILES string of the molecule is CCC1CCC(N)C(CN2CC(O)C(O)C2)C1. The molecular formula is C13H26N2O2. The fourth-order valence-corrected chi connectivity index (χ4v) is 3.29. The summed E-state index contributed by atoms with van der Waals surface area (Å²) in [5.41, 5.74) is 6.19. The second-order valence-electron chi connectivity index (χ2n) is 5.86. The third kappa shape index (κ3) is 3.19. The van der Waals surface area contributed by atoms with Gasteiger partial charge in [-0.05, 0) is 31.1 Å². The molecule has 5 unspecified atom stereocenters. The quantitative estimate of drug-likeness (QED) is 0.660. The summed E-state index contributed by atoms with van der Waals surface area (Å²) in [4.78, 5) is 2.16. The molecule has 0 aromatic rings. The molecule has 0 spiro atoms. The number of rotatable bonds is 3. The number of aliphatic hydroxyl groups excluding tert-OH is 2. The predicted octanol–water partition coefficient (Wildman–Crippen LogP) is 0.177. The van der Waals surface area contributed by atoms with Gasteiger partial charge >= 0.3 is 0 Å². The van der Waals surface area contributed by atoms with E-state index < -0.39 is 12.2 Å². The van der Waals surface area contributed by atoms with Crippen molar-refractivity contribution in [1.82, 2.24) is 4.90 Å². The number of hydrogen-bond acceptors (Lipinski definition) is 4. The van der Waals surface area contributed by atoms with Gasteiger partial charge in [0, 0.05) is 25.7 Å². The van der Waals surface area contributed by atoms with E-state index in [2.05, 4.69) is 11.8 Å². The van der Waals surface area contributed by atoms with Crippen LogP contribution < -0.4 is 5.73 Å². The van der Waals surface area contributed by atoms with Gasteiger partial charge in [-0.2, -0.15) is 0 Å². The molecule has 1 heterocycles. The maximum atomic E-state index is 9.54. The highest BCUT2D eigenvalue weighted by molar-refractivity contribution is 4.89. The molecule has 1 saturated heterocycles. The van der Waals surface area contributed by atoms with E-state index in [1.165, 1.54) is 19.3 Å². The summed E-state index contributed by atoms with van der Waals surface area (Å²) in [6, 6.07) is 0.299. The lowest BCUT2D eigenvalue weighted by molar-refractivity contribution is 0.0572. The van der Waals surface area contributed by atoms with Gasteiger partial charge in [0.1, 0.15) is 0 Å². The molecule has 0 aromatic heterocycles. The summed E-state index contributed by atoms with van der Waals surface area (Å²) in [6.07, 6.45) is 3.70. The van der Waals surface area contributed by atoms with Crippen LogP contribution in [0.3, 0.4) is 0 Å². The molecule has 0 radical (unpaired) electrons. The molecule has 1 aliphatic carbocycles. The van der Waals surface area contributed by atoms with Gasteiger partial charge in [-0.1, -0.05) is 13.3 Å². The van der Waals surface area contributed by atoms with Crippen LogP contribution in [0.4, 0.5) is 0 Å². The number of aliphatic hydroxyl groups is 2. The Morgan fingerprint density at radius 2 is 1.82 bits per heavy atom. The van der Waals surface area contributed by atoms with E-state index in [0.717, 1.165) is 18.9 Å². The highest BCUT2D eigenvalue weighted by atomic mass is 16.3. The van der Waals surface area contributed by atoms with Gasteiger partial charge in [0.05, 0.1) is 12.2 Å².